The summed E-state index contributed by atoms with van der Waals surface area (Å²) >= 11 is 0. The van der Waals surface area contributed by atoms with E-state index in [1.54, 1.807) is 29.5 Å². The van der Waals surface area contributed by atoms with Crippen LogP contribution in [0, 0.1) is 17.2 Å². The minimum Gasteiger partial charge on any atom is -0.365 e. The molecule has 1 aliphatic rings. The van der Waals surface area contributed by atoms with Crippen molar-refractivity contribution < 1.29 is 4.79 Å². The van der Waals surface area contributed by atoms with Gasteiger partial charge in [0, 0.05) is 18.0 Å². The molecule has 1 saturated carbocycles. The van der Waals surface area contributed by atoms with Gasteiger partial charge in [-0.2, -0.15) is 15.5 Å². The molecule has 9 nitrogen and oxygen atoms in total. The molecule has 1 fully saturated rings. The summed E-state index contributed by atoms with van der Waals surface area (Å²) in [6.45, 7) is 0. The molecule has 0 unspecified atom stereocenters. The van der Waals surface area contributed by atoms with Gasteiger partial charge in [-0.05, 0) is 25.0 Å². The van der Waals surface area contributed by atoms with Crippen molar-refractivity contribution in [3.63, 3.8) is 0 Å². The Hall–Kier alpha value is -3.67. The van der Waals surface area contributed by atoms with Gasteiger partial charge in [-0.15, -0.1) is 0 Å². The third kappa shape index (κ3) is 3.44. The predicted molar refractivity (Wildman–Crippen MR) is 102 cm³/mol. The zero-order valence-electron chi connectivity index (χ0n) is 15.2. The Balaban J connectivity index is 1.59. The van der Waals surface area contributed by atoms with E-state index in [0.717, 1.165) is 36.9 Å². The van der Waals surface area contributed by atoms with E-state index in [2.05, 4.69) is 31.7 Å². The normalized spacial score (nSPS) is 19.1. The lowest BCUT2D eigenvalue weighted by molar-refractivity contribution is 0.100. The van der Waals surface area contributed by atoms with Crippen molar-refractivity contribution in [2.45, 2.75) is 31.7 Å². The van der Waals surface area contributed by atoms with Crippen molar-refractivity contribution in [3.8, 4) is 17.3 Å². The molecule has 0 aliphatic heterocycles. The lowest BCUT2D eigenvalue weighted by Crippen LogP contribution is -2.22. The smallest absolute Gasteiger partial charge is 0.254 e. The van der Waals surface area contributed by atoms with E-state index < -0.39 is 5.91 Å². The minimum atomic E-state index is -0.568. The van der Waals surface area contributed by atoms with Gasteiger partial charge in [-0.3, -0.25) is 19.6 Å². The van der Waals surface area contributed by atoms with Gasteiger partial charge in [0.2, 0.25) is 0 Å². The molecular weight excluding hydrogens is 356 g/mol. The highest BCUT2D eigenvalue weighted by atomic mass is 16.1. The average Bonchev–Trinajstić information content (AvgIpc) is 3.39. The molecule has 3 aromatic heterocycles. The summed E-state index contributed by atoms with van der Waals surface area (Å²) in [6.07, 6.45) is 10.5. The fraction of sp³-hybridized carbons (Fsp3) is 0.316. The Morgan fingerprint density at radius 1 is 1.32 bits per heavy atom. The van der Waals surface area contributed by atoms with E-state index in [9.17, 15) is 10.1 Å². The predicted octanol–water partition coefficient (Wildman–Crippen LogP) is 2.77. The van der Waals surface area contributed by atoms with Crippen molar-refractivity contribution in [1.29, 1.82) is 5.26 Å². The van der Waals surface area contributed by atoms with Gasteiger partial charge < -0.3 is 11.1 Å². The van der Waals surface area contributed by atoms with Gasteiger partial charge in [-0.25, -0.2) is 0 Å². The molecule has 0 aromatic carbocycles. The molecule has 0 saturated heterocycles. The summed E-state index contributed by atoms with van der Waals surface area (Å²) in [7, 11) is 0. The molecule has 1 aliphatic carbocycles. The second kappa shape index (κ2) is 7.52. The number of pyridine rings is 1. The molecule has 0 bridgehead atoms. The molecule has 0 radical (unpaired) electrons. The number of aromatic nitrogens is 5. The largest absolute Gasteiger partial charge is 0.365 e. The van der Waals surface area contributed by atoms with Crippen LogP contribution in [0.2, 0.25) is 0 Å². The highest BCUT2D eigenvalue weighted by Gasteiger charge is 2.28. The maximum Gasteiger partial charge on any atom is 0.254 e. The number of anilines is 2. The Morgan fingerprint density at radius 2 is 2.18 bits per heavy atom. The molecule has 4 rings (SSSR count). The zero-order chi connectivity index (χ0) is 19.5. The van der Waals surface area contributed by atoms with Crippen LogP contribution >= 0.6 is 0 Å². The molecule has 3 aromatic rings. The second-order valence-corrected chi connectivity index (χ2v) is 6.87. The Morgan fingerprint density at radius 3 is 2.86 bits per heavy atom. The molecule has 142 valence electrons. The van der Waals surface area contributed by atoms with Crippen LogP contribution in [-0.4, -0.2) is 30.9 Å². The minimum absolute atomic E-state index is 0.0472. The Labute approximate surface area is 161 Å². The number of carbonyl (C=O) groups is 1. The highest BCUT2D eigenvalue weighted by molar-refractivity contribution is 5.98. The molecular formula is C19H20N8O. The maximum atomic E-state index is 11.9. The van der Waals surface area contributed by atoms with Gasteiger partial charge in [-0.1, -0.05) is 12.8 Å². The summed E-state index contributed by atoms with van der Waals surface area (Å²) in [5.41, 5.74) is 8.18. The summed E-state index contributed by atoms with van der Waals surface area (Å²) in [5.74, 6) is -0.313. The lowest BCUT2D eigenvalue weighted by Gasteiger charge is -2.26. The number of carbonyl (C=O) groups excluding carboxylic acids is 1. The fourth-order valence-corrected chi connectivity index (χ4v) is 3.58. The second-order valence-electron chi connectivity index (χ2n) is 6.87. The molecule has 0 spiro atoms. The van der Waals surface area contributed by atoms with Gasteiger partial charge in [0.25, 0.3) is 5.91 Å². The van der Waals surface area contributed by atoms with Gasteiger partial charge in [0.05, 0.1) is 41.8 Å². The molecule has 4 N–H and O–H groups in total. The summed E-state index contributed by atoms with van der Waals surface area (Å²) in [6, 6.07) is 6.01. The number of H-pyrrole nitrogens is 1. The van der Waals surface area contributed by atoms with E-state index >= 15 is 0 Å². The van der Waals surface area contributed by atoms with Crippen molar-refractivity contribution in [2.75, 3.05) is 5.32 Å². The number of primary amides is 1. The van der Waals surface area contributed by atoms with Crippen LogP contribution < -0.4 is 11.1 Å². The van der Waals surface area contributed by atoms with Gasteiger partial charge >= 0.3 is 0 Å². The number of nitrogens with one attached hydrogen (secondary N) is 2. The summed E-state index contributed by atoms with van der Waals surface area (Å²) in [4.78, 5) is 16.3. The first-order valence-corrected chi connectivity index (χ1v) is 9.16. The first-order chi connectivity index (χ1) is 13.7. The van der Waals surface area contributed by atoms with Crippen molar-refractivity contribution in [3.05, 3.63) is 42.5 Å². The average molecular weight is 376 g/mol. The molecule has 9 heteroatoms. The van der Waals surface area contributed by atoms with E-state index in [-0.39, 0.29) is 12.0 Å². The van der Waals surface area contributed by atoms with E-state index in [1.807, 2.05) is 12.1 Å². The first-order valence-electron chi connectivity index (χ1n) is 9.16. The van der Waals surface area contributed by atoms with E-state index in [4.69, 9.17) is 5.73 Å². The first kappa shape index (κ1) is 17.7. The van der Waals surface area contributed by atoms with Crippen LogP contribution in [-0.2, 0) is 0 Å². The summed E-state index contributed by atoms with van der Waals surface area (Å²) < 4.78 is 1.71. The van der Waals surface area contributed by atoms with Crippen LogP contribution in [0.3, 0.4) is 0 Å². The number of hydrogen-bond donors (Lipinski definition) is 3. The number of rotatable bonds is 5. The number of amides is 1. The number of nitriles is 1. The Kier molecular flexibility index (Phi) is 4.76. The molecule has 2 atom stereocenters. The van der Waals surface area contributed by atoms with E-state index in [1.165, 1.54) is 0 Å². The van der Waals surface area contributed by atoms with E-state index in [0.29, 0.717) is 17.1 Å². The van der Waals surface area contributed by atoms with Gasteiger partial charge in [0.1, 0.15) is 5.56 Å². The van der Waals surface area contributed by atoms with Crippen LogP contribution in [0.15, 0.2) is 36.9 Å². The van der Waals surface area contributed by atoms with Crippen LogP contribution in [0.5, 0.6) is 0 Å². The molecule has 3 heterocycles. The number of hydrogen-bond acceptors (Lipinski definition) is 6. The third-order valence-corrected chi connectivity index (χ3v) is 5.05. The maximum absolute atomic E-state index is 11.9. The third-order valence-electron chi connectivity index (χ3n) is 5.05. The van der Waals surface area contributed by atoms with Crippen LogP contribution in [0.1, 0.15) is 42.1 Å². The number of nitrogens with two attached hydrogens (primary N) is 1. The Bertz CT molecular complexity index is 1000. The number of aromatic amines is 1. The lowest BCUT2D eigenvalue weighted by atomic mass is 9.85. The summed E-state index contributed by atoms with van der Waals surface area (Å²) in [5, 5.41) is 23.7. The molecule has 28 heavy (non-hydrogen) atoms. The quantitative estimate of drug-likeness (QED) is 0.626. The van der Waals surface area contributed by atoms with Crippen LogP contribution in [0.25, 0.3) is 11.3 Å². The fourth-order valence-electron chi connectivity index (χ4n) is 3.58. The topological polar surface area (TPSA) is 138 Å². The van der Waals surface area contributed by atoms with Crippen molar-refractivity contribution >= 4 is 17.4 Å². The standard InChI is InChI=1S/C19H20N8O/c20-7-12-3-1-2-4-17(12)27-11-15(18(21)28)19(26-27)25-14-5-6-16(22-10-14)13-8-23-24-9-13/h5-6,8-12,17H,1-4H2,(H2,21,28)(H,23,24)(H,25,26)/t12-,17+/m1/s1. The highest BCUT2D eigenvalue weighted by Crippen LogP contribution is 2.34. The zero-order valence-corrected chi connectivity index (χ0v) is 15.2. The molecule has 1 amide bonds. The van der Waals surface area contributed by atoms with Crippen molar-refractivity contribution in [1.82, 2.24) is 25.0 Å². The van der Waals surface area contributed by atoms with Crippen molar-refractivity contribution in [2.24, 2.45) is 11.7 Å². The SMILES string of the molecule is N#C[C@H]1CCCC[C@@H]1n1cc(C(N)=O)c(Nc2ccc(-c3cn[nH]c3)nc2)n1. The van der Waals surface area contributed by atoms with Crippen LogP contribution in [0.4, 0.5) is 11.5 Å². The number of nitrogens with zero attached hydrogens (tertiary/aromatic N) is 5. The van der Waals surface area contributed by atoms with Gasteiger partial charge in [0.15, 0.2) is 5.82 Å². The monoisotopic (exact) mass is 376 g/mol.